The van der Waals surface area contributed by atoms with E-state index in [-0.39, 0.29) is 0 Å². The van der Waals surface area contributed by atoms with Crippen molar-refractivity contribution in [2.75, 3.05) is 18.4 Å². The highest BCUT2D eigenvalue weighted by Crippen LogP contribution is 2.28. The molecular formula is C17H15N7O. The molecule has 124 valence electrons. The monoisotopic (exact) mass is 333 g/mol. The second-order valence-electron chi connectivity index (χ2n) is 5.08. The van der Waals surface area contributed by atoms with Crippen LogP contribution in [0.15, 0.2) is 42.9 Å². The topological polar surface area (TPSA) is 119 Å². The minimum absolute atomic E-state index is 0.447. The highest BCUT2D eigenvalue weighted by Gasteiger charge is 2.13. The molecule has 2 aromatic heterocycles. The van der Waals surface area contributed by atoms with Crippen molar-refractivity contribution in [3.8, 4) is 28.7 Å². The summed E-state index contributed by atoms with van der Waals surface area (Å²) in [6.45, 7) is 0.977. The van der Waals surface area contributed by atoms with Gasteiger partial charge in [0, 0.05) is 37.2 Å². The molecule has 0 spiro atoms. The summed E-state index contributed by atoms with van der Waals surface area (Å²) in [6, 6.07) is 9.26. The summed E-state index contributed by atoms with van der Waals surface area (Å²) in [6.07, 6.45) is 5.73. The number of nitrogens with one attached hydrogen (secondary N) is 3. The maximum absolute atomic E-state index is 10.3. The summed E-state index contributed by atoms with van der Waals surface area (Å²) in [5.74, 6) is 1.11. The highest BCUT2D eigenvalue weighted by molar-refractivity contribution is 5.77. The normalized spacial score (nSPS) is 10.0. The van der Waals surface area contributed by atoms with E-state index in [4.69, 9.17) is 5.26 Å². The number of H-pyrrole nitrogens is 1. The predicted molar refractivity (Wildman–Crippen MR) is 92.3 cm³/mol. The summed E-state index contributed by atoms with van der Waals surface area (Å²) in [7, 11) is 0. The number of benzene rings is 1. The Kier molecular flexibility index (Phi) is 4.97. The number of anilines is 1. The molecule has 2 heterocycles. The summed E-state index contributed by atoms with van der Waals surface area (Å²) >= 11 is 0. The molecule has 0 unspecified atom stereocenters. The Morgan fingerprint density at radius 1 is 1.20 bits per heavy atom. The van der Waals surface area contributed by atoms with E-state index in [1.54, 1.807) is 30.7 Å². The minimum Gasteiger partial charge on any atom is -0.357 e. The zero-order valence-electron chi connectivity index (χ0n) is 13.2. The second kappa shape index (κ2) is 7.70. The Morgan fingerprint density at radius 3 is 2.72 bits per heavy atom. The van der Waals surface area contributed by atoms with E-state index in [1.165, 1.54) is 0 Å². The molecule has 0 fully saturated rings. The van der Waals surface area contributed by atoms with E-state index in [1.807, 2.05) is 12.1 Å². The van der Waals surface area contributed by atoms with Crippen LogP contribution in [0.25, 0.3) is 22.6 Å². The largest absolute Gasteiger partial charge is 0.357 e. The Balaban J connectivity index is 1.95. The lowest BCUT2D eigenvalue weighted by molar-refractivity contribution is -0.109. The zero-order chi connectivity index (χ0) is 17.5. The fourth-order valence-electron chi connectivity index (χ4n) is 2.28. The SMILES string of the molecule is N#Cc1ccc(-c2nc(NCCNC=O)ncc2-c2ncc[nH]2)cc1. The zero-order valence-corrected chi connectivity index (χ0v) is 13.2. The molecule has 8 heteroatoms. The van der Waals surface area contributed by atoms with Gasteiger partial charge in [0.25, 0.3) is 0 Å². The first-order valence-electron chi connectivity index (χ1n) is 7.60. The molecule has 0 aliphatic carbocycles. The van der Waals surface area contributed by atoms with E-state index in [9.17, 15) is 4.79 Å². The first-order chi connectivity index (χ1) is 12.3. The van der Waals surface area contributed by atoms with Crippen LogP contribution in [0.3, 0.4) is 0 Å². The van der Waals surface area contributed by atoms with Gasteiger partial charge in [-0.25, -0.2) is 15.0 Å². The van der Waals surface area contributed by atoms with Gasteiger partial charge >= 0.3 is 0 Å². The predicted octanol–water partition coefficient (Wildman–Crippen LogP) is 1.56. The molecule has 1 aromatic carbocycles. The summed E-state index contributed by atoms with van der Waals surface area (Å²) in [4.78, 5) is 26.5. The lowest BCUT2D eigenvalue weighted by atomic mass is 10.1. The molecule has 0 atom stereocenters. The summed E-state index contributed by atoms with van der Waals surface area (Å²) in [5, 5.41) is 14.6. The standard InChI is InChI=1S/C17H15N7O/c18-9-12-1-3-13(4-2-12)15-14(16-20-7-8-21-16)10-23-17(24-15)22-6-5-19-11-25/h1-4,7-8,10-11H,5-6H2,(H,19,25)(H,20,21)(H,22,23,24). The minimum atomic E-state index is 0.447. The second-order valence-corrected chi connectivity index (χ2v) is 5.08. The lowest BCUT2D eigenvalue weighted by Gasteiger charge is -2.10. The average Bonchev–Trinajstić information content (AvgIpc) is 3.20. The number of aromatic amines is 1. The Labute approximate surface area is 144 Å². The van der Waals surface area contributed by atoms with E-state index in [0.717, 1.165) is 11.1 Å². The number of hydrogen-bond donors (Lipinski definition) is 3. The van der Waals surface area contributed by atoms with Crippen LogP contribution in [0.2, 0.25) is 0 Å². The highest BCUT2D eigenvalue weighted by atomic mass is 16.1. The van der Waals surface area contributed by atoms with E-state index in [2.05, 4.69) is 36.6 Å². The summed E-state index contributed by atoms with van der Waals surface area (Å²) < 4.78 is 0. The number of carbonyl (C=O) groups excluding carboxylic acids is 1. The quantitative estimate of drug-likeness (QED) is 0.446. The van der Waals surface area contributed by atoms with Gasteiger partial charge in [-0.2, -0.15) is 5.26 Å². The summed E-state index contributed by atoms with van der Waals surface area (Å²) in [5.41, 5.74) is 2.88. The molecule has 0 aliphatic heterocycles. The van der Waals surface area contributed by atoms with Gasteiger partial charge in [-0.1, -0.05) is 12.1 Å². The number of amides is 1. The molecule has 0 bridgehead atoms. The Hall–Kier alpha value is -3.73. The first kappa shape index (κ1) is 16.1. The fraction of sp³-hybridized carbons (Fsp3) is 0.118. The molecule has 3 aromatic rings. The van der Waals surface area contributed by atoms with E-state index < -0.39 is 0 Å². The van der Waals surface area contributed by atoms with Crippen LogP contribution in [0.4, 0.5) is 5.95 Å². The molecule has 1 amide bonds. The average molecular weight is 333 g/mol. The van der Waals surface area contributed by atoms with Gasteiger partial charge < -0.3 is 15.6 Å². The van der Waals surface area contributed by atoms with Crippen LogP contribution < -0.4 is 10.6 Å². The molecule has 0 radical (unpaired) electrons. The molecule has 0 aliphatic rings. The third-order valence-corrected chi connectivity index (χ3v) is 3.47. The number of rotatable bonds is 7. The molecule has 8 nitrogen and oxygen atoms in total. The van der Waals surface area contributed by atoms with Crippen molar-refractivity contribution in [1.29, 1.82) is 5.26 Å². The van der Waals surface area contributed by atoms with Gasteiger partial charge in [0.15, 0.2) is 0 Å². The number of nitriles is 1. The van der Waals surface area contributed by atoms with Gasteiger partial charge in [0.05, 0.1) is 22.9 Å². The van der Waals surface area contributed by atoms with Crippen molar-refractivity contribution in [3.63, 3.8) is 0 Å². The molecule has 3 N–H and O–H groups in total. The van der Waals surface area contributed by atoms with Crippen molar-refractivity contribution in [1.82, 2.24) is 25.3 Å². The van der Waals surface area contributed by atoms with Crippen molar-refractivity contribution >= 4 is 12.4 Å². The van der Waals surface area contributed by atoms with Crippen LogP contribution in [0.5, 0.6) is 0 Å². The molecule has 0 saturated heterocycles. The molecular weight excluding hydrogens is 318 g/mol. The number of hydrogen-bond acceptors (Lipinski definition) is 6. The van der Waals surface area contributed by atoms with E-state index >= 15 is 0 Å². The van der Waals surface area contributed by atoms with Crippen molar-refractivity contribution in [3.05, 3.63) is 48.4 Å². The van der Waals surface area contributed by atoms with Crippen LogP contribution in [0.1, 0.15) is 5.56 Å². The molecule has 0 saturated carbocycles. The van der Waals surface area contributed by atoms with E-state index in [0.29, 0.717) is 42.5 Å². The fourth-order valence-corrected chi connectivity index (χ4v) is 2.28. The first-order valence-corrected chi connectivity index (χ1v) is 7.60. The smallest absolute Gasteiger partial charge is 0.223 e. The molecule has 3 rings (SSSR count). The van der Waals surface area contributed by atoms with Crippen molar-refractivity contribution in [2.24, 2.45) is 0 Å². The maximum atomic E-state index is 10.3. The van der Waals surface area contributed by atoms with Crippen LogP contribution in [0, 0.1) is 11.3 Å². The van der Waals surface area contributed by atoms with Crippen LogP contribution in [-0.2, 0) is 4.79 Å². The van der Waals surface area contributed by atoms with Crippen molar-refractivity contribution < 1.29 is 4.79 Å². The third kappa shape index (κ3) is 3.79. The number of aromatic nitrogens is 4. The van der Waals surface area contributed by atoms with Gasteiger partial charge in [0.1, 0.15) is 5.82 Å². The Bertz CT molecular complexity index is 882. The molecule has 25 heavy (non-hydrogen) atoms. The van der Waals surface area contributed by atoms with Gasteiger partial charge in [-0.15, -0.1) is 0 Å². The maximum Gasteiger partial charge on any atom is 0.223 e. The van der Waals surface area contributed by atoms with Crippen LogP contribution in [-0.4, -0.2) is 39.4 Å². The lowest BCUT2D eigenvalue weighted by Crippen LogP contribution is -2.21. The van der Waals surface area contributed by atoms with Gasteiger partial charge in [-0.05, 0) is 12.1 Å². The number of carbonyl (C=O) groups is 1. The Morgan fingerprint density at radius 2 is 2.04 bits per heavy atom. The van der Waals surface area contributed by atoms with Gasteiger partial charge in [0.2, 0.25) is 12.4 Å². The van der Waals surface area contributed by atoms with Crippen molar-refractivity contribution in [2.45, 2.75) is 0 Å². The van der Waals surface area contributed by atoms with Crippen LogP contribution >= 0.6 is 0 Å². The van der Waals surface area contributed by atoms with Gasteiger partial charge in [-0.3, -0.25) is 4.79 Å². The third-order valence-electron chi connectivity index (χ3n) is 3.47. The number of imidazole rings is 1. The number of nitrogens with zero attached hydrogens (tertiary/aromatic N) is 4.